The highest BCUT2D eigenvalue weighted by Gasteiger charge is 2.03. The topological polar surface area (TPSA) is 52.6 Å². The normalized spacial score (nSPS) is 11.8. The number of benzene rings is 1. The highest BCUT2D eigenvalue weighted by Crippen LogP contribution is 2.18. The third-order valence-electron chi connectivity index (χ3n) is 2.69. The molecule has 0 unspecified atom stereocenters. The Labute approximate surface area is 142 Å². The number of rotatable bonds is 8. The molecule has 0 aromatic heterocycles. The molecule has 0 radical (unpaired) electrons. The van der Waals surface area contributed by atoms with Gasteiger partial charge < -0.3 is 9.47 Å². The van der Waals surface area contributed by atoms with Crippen LogP contribution in [0.3, 0.4) is 0 Å². The number of esters is 2. The van der Waals surface area contributed by atoms with Gasteiger partial charge in [0.1, 0.15) is 11.5 Å². The average Bonchev–Trinajstić information content (AvgIpc) is 2.57. The van der Waals surface area contributed by atoms with E-state index < -0.39 is 11.9 Å². The molecule has 24 heavy (non-hydrogen) atoms. The molecular formula is C20H22O4. The van der Waals surface area contributed by atoms with Crippen molar-refractivity contribution in [2.24, 2.45) is 0 Å². The predicted octanol–water partition coefficient (Wildman–Crippen LogP) is 4.54. The zero-order chi connectivity index (χ0) is 17.6. The monoisotopic (exact) mass is 326 g/mol. The molecule has 0 aliphatic carbocycles. The Balaban J connectivity index is 2.50. The third kappa shape index (κ3) is 8.54. The minimum Gasteiger partial charge on any atom is -0.423 e. The van der Waals surface area contributed by atoms with Gasteiger partial charge in [0.05, 0.1) is 0 Å². The summed E-state index contributed by atoms with van der Waals surface area (Å²) in [5.74, 6) is -0.173. The number of carbonyl (C=O) groups excluding carboxylic acids is 2. The van der Waals surface area contributed by atoms with Crippen LogP contribution in [0.2, 0.25) is 0 Å². The fraction of sp³-hybridized carbons (Fsp3) is 0.200. The standard InChI is InChI=1S/C20H22O4/c1-3-5-7-9-11-19(21)23-17-13-15-18(16-14-17)24-20(22)12-10-8-6-4-2/h5-16H,3-4H2,1-2H3. The first-order valence-electron chi connectivity index (χ1n) is 7.85. The summed E-state index contributed by atoms with van der Waals surface area (Å²) in [4.78, 5) is 23.1. The van der Waals surface area contributed by atoms with Crippen molar-refractivity contribution in [3.63, 3.8) is 0 Å². The van der Waals surface area contributed by atoms with E-state index in [-0.39, 0.29) is 0 Å². The molecule has 0 aliphatic rings. The molecule has 0 bridgehead atoms. The molecule has 1 rings (SSSR count). The van der Waals surface area contributed by atoms with Crippen LogP contribution in [0.1, 0.15) is 26.7 Å². The molecule has 126 valence electrons. The molecule has 0 heterocycles. The van der Waals surface area contributed by atoms with E-state index >= 15 is 0 Å². The van der Waals surface area contributed by atoms with E-state index in [9.17, 15) is 9.59 Å². The van der Waals surface area contributed by atoms with Crippen LogP contribution >= 0.6 is 0 Å². The molecule has 0 spiro atoms. The summed E-state index contributed by atoms with van der Waals surface area (Å²) in [7, 11) is 0. The SMILES string of the molecule is CCC=CC=CC(=O)Oc1ccc(OC(=O)C=CC=CCC)cc1. The van der Waals surface area contributed by atoms with Gasteiger partial charge in [0.25, 0.3) is 0 Å². The number of hydrogen-bond acceptors (Lipinski definition) is 4. The van der Waals surface area contributed by atoms with Crippen molar-refractivity contribution < 1.29 is 19.1 Å². The minimum atomic E-state index is -0.467. The Morgan fingerprint density at radius 2 is 1.12 bits per heavy atom. The van der Waals surface area contributed by atoms with Crippen molar-refractivity contribution >= 4 is 11.9 Å². The highest BCUT2D eigenvalue weighted by molar-refractivity contribution is 5.85. The summed E-state index contributed by atoms with van der Waals surface area (Å²) in [6.07, 6.45) is 15.2. The molecule has 0 fully saturated rings. The second-order valence-electron chi connectivity index (χ2n) is 4.70. The van der Waals surface area contributed by atoms with Crippen LogP contribution in [-0.2, 0) is 9.59 Å². The van der Waals surface area contributed by atoms with Gasteiger partial charge in [0, 0.05) is 12.2 Å². The number of allylic oxidation sites excluding steroid dienone is 6. The molecule has 0 aliphatic heterocycles. The Kier molecular flexibility index (Phi) is 9.31. The minimum absolute atomic E-state index is 0.380. The van der Waals surface area contributed by atoms with Gasteiger partial charge in [-0.2, -0.15) is 0 Å². The number of carbonyl (C=O) groups is 2. The number of hydrogen-bond donors (Lipinski definition) is 0. The summed E-state index contributed by atoms with van der Waals surface area (Å²) in [5, 5.41) is 0. The van der Waals surface area contributed by atoms with E-state index in [1.54, 1.807) is 48.6 Å². The predicted molar refractivity (Wildman–Crippen MR) is 94.9 cm³/mol. The molecule has 0 atom stereocenters. The first-order chi connectivity index (χ1) is 11.7. The van der Waals surface area contributed by atoms with Crippen LogP contribution < -0.4 is 9.47 Å². The van der Waals surface area contributed by atoms with Crippen molar-refractivity contribution in [3.8, 4) is 11.5 Å². The zero-order valence-electron chi connectivity index (χ0n) is 14.0. The lowest BCUT2D eigenvalue weighted by molar-refractivity contribution is -0.130. The quantitative estimate of drug-likeness (QED) is 0.304. The number of ether oxygens (including phenoxy) is 2. The molecule has 0 saturated heterocycles. The first kappa shape index (κ1) is 19.2. The smallest absolute Gasteiger partial charge is 0.336 e. The van der Waals surface area contributed by atoms with Crippen LogP contribution in [0.15, 0.2) is 72.9 Å². The van der Waals surface area contributed by atoms with Gasteiger partial charge in [-0.15, -0.1) is 0 Å². The lowest BCUT2D eigenvalue weighted by Gasteiger charge is -2.03. The van der Waals surface area contributed by atoms with E-state index in [1.807, 2.05) is 26.0 Å². The Hall–Kier alpha value is -2.88. The second-order valence-corrected chi connectivity index (χ2v) is 4.70. The Bertz CT molecular complexity index is 577. The summed E-state index contributed by atoms with van der Waals surface area (Å²) in [5.41, 5.74) is 0. The van der Waals surface area contributed by atoms with Gasteiger partial charge in [0.2, 0.25) is 0 Å². The lowest BCUT2D eigenvalue weighted by atomic mass is 10.3. The fourth-order valence-corrected chi connectivity index (χ4v) is 1.57. The van der Waals surface area contributed by atoms with Gasteiger partial charge in [-0.25, -0.2) is 9.59 Å². The van der Waals surface area contributed by atoms with E-state index in [1.165, 1.54) is 12.2 Å². The van der Waals surface area contributed by atoms with Crippen LogP contribution in [0.4, 0.5) is 0 Å². The summed E-state index contributed by atoms with van der Waals surface area (Å²) >= 11 is 0. The Morgan fingerprint density at radius 1 is 0.750 bits per heavy atom. The summed E-state index contributed by atoms with van der Waals surface area (Å²) in [6.45, 7) is 4.02. The van der Waals surface area contributed by atoms with Gasteiger partial charge in [-0.3, -0.25) is 0 Å². The molecule has 4 nitrogen and oxygen atoms in total. The van der Waals surface area contributed by atoms with Gasteiger partial charge in [-0.1, -0.05) is 50.3 Å². The third-order valence-corrected chi connectivity index (χ3v) is 2.69. The van der Waals surface area contributed by atoms with E-state index in [4.69, 9.17) is 9.47 Å². The first-order valence-corrected chi connectivity index (χ1v) is 7.85. The molecule has 1 aromatic rings. The van der Waals surface area contributed by atoms with Crippen LogP contribution in [-0.4, -0.2) is 11.9 Å². The molecule has 0 N–H and O–H groups in total. The van der Waals surface area contributed by atoms with E-state index in [0.29, 0.717) is 11.5 Å². The fourth-order valence-electron chi connectivity index (χ4n) is 1.57. The molecule has 0 amide bonds. The van der Waals surface area contributed by atoms with Crippen molar-refractivity contribution in [2.75, 3.05) is 0 Å². The summed E-state index contributed by atoms with van der Waals surface area (Å²) in [6, 6.07) is 6.27. The molecular weight excluding hydrogens is 304 g/mol. The maximum atomic E-state index is 11.6. The van der Waals surface area contributed by atoms with E-state index in [0.717, 1.165) is 12.8 Å². The Morgan fingerprint density at radius 3 is 1.46 bits per heavy atom. The summed E-state index contributed by atoms with van der Waals surface area (Å²) < 4.78 is 10.2. The van der Waals surface area contributed by atoms with Gasteiger partial charge >= 0.3 is 11.9 Å². The van der Waals surface area contributed by atoms with Crippen molar-refractivity contribution in [2.45, 2.75) is 26.7 Å². The van der Waals surface area contributed by atoms with Crippen LogP contribution in [0.5, 0.6) is 11.5 Å². The van der Waals surface area contributed by atoms with Crippen molar-refractivity contribution in [3.05, 3.63) is 72.9 Å². The molecule has 0 saturated carbocycles. The molecule has 1 aromatic carbocycles. The second kappa shape index (κ2) is 11.7. The maximum absolute atomic E-state index is 11.6. The molecule has 4 heteroatoms. The van der Waals surface area contributed by atoms with Crippen LogP contribution in [0, 0.1) is 0 Å². The largest absolute Gasteiger partial charge is 0.423 e. The van der Waals surface area contributed by atoms with Crippen molar-refractivity contribution in [1.82, 2.24) is 0 Å². The zero-order valence-corrected chi connectivity index (χ0v) is 14.0. The van der Waals surface area contributed by atoms with E-state index in [2.05, 4.69) is 0 Å². The van der Waals surface area contributed by atoms with Crippen molar-refractivity contribution in [1.29, 1.82) is 0 Å². The maximum Gasteiger partial charge on any atom is 0.336 e. The van der Waals surface area contributed by atoms with Gasteiger partial charge in [0.15, 0.2) is 0 Å². The van der Waals surface area contributed by atoms with Crippen LogP contribution in [0.25, 0.3) is 0 Å². The average molecular weight is 326 g/mol. The lowest BCUT2D eigenvalue weighted by Crippen LogP contribution is -2.05. The van der Waals surface area contributed by atoms with Gasteiger partial charge in [-0.05, 0) is 37.1 Å². The highest BCUT2D eigenvalue weighted by atomic mass is 16.5.